The van der Waals surface area contributed by atoms with Crippen LogP contribution in [0.25, 0.3) is 0 Å². The maximum atomic E-state index is 5.88. The molecule has 1 heterocycles. The zero-order valence-corrected chi connectivity index (χ0v) is 17.1. The second-order valence-corrected chi connectivity index (χ2v) is 5.10. The van der Waals surface area contributed by atoms with Gasteiger partial charge >= 0.3 is 0 Å². The van der Waals surface area contributed by atoms with Crippen molar-refractivity contribution >= 4 is 29.9 Å². The molecule has 0 aliphatic heterocycles. The molecule has 1 aromatic heterocycles. The van der Waals surface area contributed by atoms with Crippen molar-refractivity contribution in [3.05, 3.63) is 35.9 Å². The lowest BCUT2D eigenvalue weighted by atomic mass is 10.1. The molecule has 1 aromatic carbocycles. The summed E-state index contributed by atoms with van der Waals surface area (Å²) in [7, 11) is 3.25. The van der Waals surface area contributed by atoms with Crippen LogP contribution in [-0.2, 0) is 19.5 Å². The predicted molar refractivity (Wildman–Crippen MR) is 108 cm³/mol. The number of benzene rings is 1. The summed E-state index contributed by atoms with van der Waals surface area (Å²) in [5.41, 5.74) is 7.01. The zero-order chi connectivity index (χ0) is 17.4. The zero-order valence-electron chi connectivity index (χ0n) is 14.7. The van der Waals surface area contributed by atoms with E-state index in [4.69, 9.17) is 15.2 Å². The van der Waals surface area contributed by atoms with Crippen molar-refractivity contribution in [2.45, 2.75) is 26.4 Å². The van der Waals surface area contributed by atoms with E-state index in [0.717, 1.165) is 35.9 Å². The number of guanidine groups is 1. The molecular formula is C16H25IN6O2. The monoisotopic (exact) mass is 460 g/mol. The highest BCUT2D eigenvalue weighted by molar-refractivity contribution is 14.0. The third kappa shape index (κ3) is 6.07. The average molecular weight is 460 g/mol. The first-order valence-corrected chi connectivity index (χ1v) is 7.79. The molecule has 0 amide bonds. The fourth-order valence-electron chi connectivity index (χ4n) is 2.25. The molecule has 3 N–H and O–H groups in total. The van der Waals surface area contributed by atoms with E-state index in [1.165, 1.54) is 0 Å². The summed E-state index contributed by atoms with van der Waals surface area (Å²) in [6.07, 6.45) is 2.48. The summed E-state index contributed by atoms with van der Waals surface area (Å²) < 4.78 is 12.5. The highest BCUT2D eigenvalue weighted by atomic mass is 127. The molecule has 0 bridgehead atoms. The molecule has 0 aliphatic carbocycles. The largest absolute Gasteiger partial charge is 0.493 e. The Morgan fingerprint density at radius 2 is 2.04 bits per heavy atom. The van der Waals surface area contributed by atoms with E-state index in [0.29, 0.717) is 19.0 Å². The number of nitrogens with two attached hydrogens (primary N) is 1. The number of aryl methyl sites for hydroxylation is 1. The summed E-state index contributed by atoms with van der Waals surface area (Å²) >= 11 is 0. The third-order valence-electron chi connectivity index (χ3n) is 3.59. The van der Waals surface area contributed by atoms with E-state index in [1.807, 2.05) is 29.7 Å². The molecule has 0 aliphatic rings. The minimum atomic E-state index is 0. The van der Waals surface area contributed by atoms with E-state index < -0.39 is 0 Å². The molecule has 2 rings (SSSR count). The normalized spacial score (nSPS) is 10.9. The molecule has 0 unspecified atom stereocenters. The summed E-state index contributed by atoms with van der Waals surface area (Å²) in [5, 5.41) is 11.0. The van der Waals surface area contributed by atoms with Gasteiger partial charge in [-0.05, 0) is 31.0 Å². The Morgan fingerprint density at radius 3 is 2.72 bits per heavy atom. The lowest BCUT2D eigenvalue weighted by Crippen LogP contribution is -2.33. The fourth-order valence-corrected chi connectivity index (χ4v) is 2.25. The third-order valence-corrected chi connectivity index (χ3v) is 3.59. The molecule has 0 spiro atoms. The number of ether oxygens (including phenoxy) is 2. The van der Waals surface area contributed by atoms with Crippen LogP contribution in [0, 0.1) is 0 Å². The fraction of sp³-hybridized carbons (Fsp3) is 0.438. The molecule has 0 fully saturated rings. The Morgan fingerprint density at radius 1 is 1.28 bits per heavy atom. The van der Waals surface area contributed by atoms with Gasteiger partial charge in [0.1, 0.15) is 12.9 Å². The number of hydrogen-bond donors (Lipinski definition) is 2. The van der Waals surface area contributed by atoms with Crippen LogP contribution >= 0.6 is 24.0 Å². The van der Waals surface area contributed by atoms with Crippen LogP contribution in [0.3, 0.4) is 0 Å². The van der Waals surface area contributed by atoms with Crippen molar-refractivity contribution in [1.29, 1.82) is 0 Å². The lowest BCUT2D eigenvalue weighted by Gasteiger charge is -2.10. The van der Waals surface area contributed by atoms with Crippen molar-refractivity contribution in [1.82, 2.24) is 20.1 Å². The van der Waals surface area contributed by atoms with Crippen LogP contribution in [0.2, 0.25) is 0 Å². The number of hydrogen-bond acceptors (Lipinski definition) is 5. The van der Waals surface area contributed by atoms with Crippen molar-refractivity contribution in [2.24, 2.45) is 10.7 Å². The van der Waals surface area contributed by atoms with Crippen LogP contribution in [-0.4, -0.2) is 41.5 Å². The van der Waals surface area contributed by atoms with Crippen LogP contribution < -0.4 is 20.5 Å². The predicted octanol–water partition coefficient (Wildman–Crippen LogP) is 1.58. The second-order valence-electron chi connectivity index (χ2n) is 5.10. The van der Waals surface area contributed by atoms with Gasteiger partial charge in [-0.2, -0.15) is 0 Å². The molecule has 25 heavy (non-hydrogen) atoms. The number of aromatic nitrogens is 3. The first-order chi connectivity index (χ1) is 11.7. The van der Waals surface area contributed by atoms with E-state index in [2.05, 4.69) is 20.5 Å². The minimum absolute atomic E-state index is 0. The number of rotatable bonds is 8. The van der Waals surface area contributed by atoms with Gasteiger partial charge in [0.15, 0.2) is 23.3 Å². The van der Waals surface area contributed by atoms with Crippen molar-refractivity contribution in [3.8, 4) is 11.5 Å². The highest BCUT2D eigenvalue weighted by Gasteiger charge is 2.05. The van der Waals surface area contributed by atoms with Gasteiger partial charge < -0.3 is 25.1 Å². The van der Waals surface area contributed by atoms with Gasteiger partial charge in [0.25, 0.3) is 0 Å². The number of methoxy groups -OCH3 is 2. The Hall–Kier alpha value is -2.04. The maximum Gasteiger partial charge on any atom is 0.189 e. The molecule has 0 atom stereocenters. The number of nitrogens with zero attached hydrogens (tertiary/aromatic N) is 4. The first-order valence-electron chi connectivity index (χ1n) is 7.79. The van der Waals surface area contributed by atoms with Gasteiger partial charge in [-0.3, -0.25) is 0 Å². The van der Waals surface area contributed by atoms with Crippen molar-refractivity contribution < 1.29 is 9.47 Å². The minimum Gasteiger partial charge on any atom is -0.493 e. The SMILES string of the molecule is CCn1cnnc1CN=C(N)NCCc1ccc(OC)c(OC)c1.I. The van der Waals surface area contributed by atoms with Gasteiger partial charge in [-0.15, -0.1) is 34.2 Å². The second kappa shape index (κ2) is 10.7. The van der Waals surface area contributed by atoms with E-state index in [-0.39, 0.29) is 24.0 Å². The molecule has 0 saturated heterocycles. The van der Waals surface area contributed by atoms with E-state index in [9.17, 15) is 0 Å². The summed E-state index contributed by atoms with van der Waals surface area (Å²) in [5.74, 6) is 2.62. The standard InChI is InChI=1S/C16H24N6O2.HI/c1-4-22-11-20-21-15(22)10-19-16(17)18-8-7-12-5-6-13(23-2)14(9-12)24-3;/h5-6,9,11H,4,7-8,10H2,1-3H3,(H3,17,18,19);1H. The van der Waals surface area contributed by atoms with Crippen LogP contribution in [0.15, 0.2) is 29.5 Å². The Bertz CT molecular complexity index is 689. The van der Waals surface area contributed by atoms with Crippen molar-refractivity contribution in [2.75, 3.05) is 20.8 Å². The van der Waals surface area contributed by atoms with Gasteiger partial charge in [0.05, 0.1) is 14.2 Å². The topological polar surface area (TPSA) is 99.6 Å². The lowest BCUT2D eigenvalue weighted by molar-refractivity contribution is 0.354. The highest BCUT2D eigenvalue weighted by Crippen LogP contribution is 2.27. The molecule has 0 saturated carbocycles. The van der Waals surface area contributed by atoms with Gasteiger partial charge in [0, 0.05) is 13.1 Å². The summed E-state index contributed by atoms with van der Waals surface area (Å²) in [4.78, 5) is 4.28. The molecule has 138 valence electrons. The summed E-state index contributed by atoms with van der Waals surface area (Å²) in [6.45, 7) is 3.92. The number of nitrogens with one attached hydrogen (secondary N) is 1. The van der Waals surface area contributed by atoms with E-state index >= 15 is 0 Å². The number of aliphatic imine (C=N–C) groups is 1. The molecule has 9 heteroatoms. The quantitative estimate of drug-likeness (QED) is 0.353. The molecule has 0 radical (unpaired) electrons. The molecule has 2 aromatic rings. The van der Waals surface area contributed by atoms with Gasteiger partial charge in [0.2, 0.25) is 0 Å². The van der Waals surface area contributed by atoms with Gasteiger partial charge in [-0.1, -0.05) is 6.07 Å². The number of halogens is 1. The first kappa shape index (κ1) is 21.0. The van der Waals surface area contributed by atoms with Crippen LogP contribution in [0.1, 0.15) is 18.3 Å². The average Bonchev–Trinajstić information content (AvgIpc) is 3.07. The van der Waals surface area contributed by atoms with E-state index in [1.54, 1.807) is 20.5 Å². The Kier molecular flexibility index (Phi) is 9.03. The molecular weight excluding hydrogens is 435 g/mol. The van der Waals surface area contributed by atoms with Crippen molar-refractivity contribution in [3.63, 3.8) is 0 Å². The van der Waals surface area contributed by atoms with Crippen LogP contribution in [0.4, 0.5) is 0 Å². The maximum absolute atomic E-state index is 5.88. The van der Waals surface area contributed by atoms with Gasteiger partial charge in [-0.25, -0.2) is 4.99 Å². The summed E-state index contributed by atoms with van der Waals surface area (Å²) in [6, 6.07) is 5.85. The van der Waals surface area contributed by atoms with Crippen LogP contribution in [0.5, 0.6) is 11.5 Å². The smallest absolute Gasteiger partial charge is 0.189 e. The Balaban J connectivity index is 0.00000312. The molecule has 8 nitrogen and oxygen atoms in total. The Labute approximate surface area is 164 Å².